The lowest BCUT2D eigenvalue weighted by molar-refractivity contribution is -0.650. The third kappa shape index (κ3) is 4.90. The molecule has 0 aliphatic heterocycles. The topological polar surface area (TPSA) is 20.9 Å². The smallest absolute Gasteiger partial charge is 0.335 e. The summed E-state index contributed by atoms with van der Waals surface area (Å²) in [6, 6.07) is 16.3. The molecule has 4 aromatic rings. The van der Waals surface area contributed by atoms with Gasteiger partial charge < -0.3 is 4.42 Å². The minimum atomic E-state index is 0.935. The van der Waals surface area contributed by atoms with Gasteiger partial charge in [0.1, 0.15) is 18.8 Å². The van der Waals surface area contributed by atoms with Gasteiger partial charge >= 0.3 is 6.39 Å². The van der Waals surface area contributed by atoms with Crippen LogP contribution in [0.1, 0.15) is 27.7 Å². The van der Waals surface area contributed by atoms with Crippen LogP contribution in [0.4, 0.5) is 0 Å². The first-order valence-electron chi connectivity index (χ1n) is 8.39. The van der Waals surface area contributed by atoms with Gasteiger partial charge in [-0.3, -0.25) is 0 Å². The Balaban J connectivity index is 0.000000199. The zero-order valence-corrected chi connectivity index (χ0v) is 16.3. The minimum absolute atomic E-state index is 0.935. The average molecular weight is 345 g/mol. The number of nitrogens with zero attached hydrogens (tertiary/aromatic N) is 2. The summed E-state index contributed by atoms with van der Waals surface area (Å²) in [5, 5.41) is 0. The Hall–Kier alpha value is -2.20. The second-order valence-electron chi connectivity index (χ2n) is 4.60. The third-order valence-corrected chi connectivity index (χ3v) is 4.19. The molecule has 0 N–H and O–H groups in total. The Labute approximate surface area is 148 Å². The number of hydrogen-bond donors (Lipinski definition) is 0. The van der Waals surface area contributed by atoms with E-state index in [2.05, 4.69) is 41.4 Å². The fourth-order valence-corrected chi connectivity index (χ4v) is 2.96. The molecule has 0 saturated carbocycles. The molecule has 0 bridgehead atoms. The summed E-state index contributed by atoms with van der Waals surface area (Å²) in [6.45, 7) is 8.00. The largest absolute Gasteiger partial charge is 0.404 e. The molecule has 3 nitrogen and oxygen atoms in total. The summed E-state index contributed by atoms with van der Waals surface area (Å²) in [4.78, 5) is 0. The molecule has 4 heteroatoms. The lowest BCUT2D eigenvalue weighted by atomic mass is 10.3. The molecule has 0 atom stereocenters. The van der Waals surface area contributed by atoms with Crippen molar-refractivity contribution in [3.05, 3.63) is 60.4 Å². The molecule has 24 heavy (non-hydrogen) atoms. The fourth-order valence-electron chi connectivity index (χ4n) is 2.08. The van der Waals surface area contributed by atoms with Crippen molar-refractivity contribution >= 4 is 32.7 Å². The lowest BCUT2D eigenvalue weighted by Gasteiger charge is -1.80. The maximum atomic E-state index is 5.21. The zero-order valence-electron chi connectivity index (χ0n) is 15.5. The van der Waals surface area contributed by atoms with Crippen LogP contribution in [-0.2, 0) is 14.1 Å². The highest BCUT2D eigenvalue weighted by Gasteiger charge is 2.05. The first kappa shape index (κ1) is 19.8. The molecule has 0 unspecified atom stereocenters. The van der Waals surface area contributed by atoms with Crippen LogP contribution in [0.15, 0.2) is 64.9 Å². The van der Waals surface area contributed by atoms with Crippen LogP contribution in [-0.4, -0.2) is 0 Å². The highest BCUT2D eigenvalue weighted by atomic mass is 32.1. The number of benzene rings is 2. The number of aromatic nitrogens is 2. The highest BCUT2D eigenvalue weighted by Crippen LogP contribution is 2.13. The Bertz CT molecular complexity index is 777. The minimum Gasteiger partial charge on any atom is -0.404 e. The summed E-state index contributed by atoms with van der Waals surface area (Å²) in [7, 11) is 4.03. The first-order chi connectivity index (χ1) is 11.8. The highest BCUT2D eigenvalue weighted by molar-refractivity contribution is 7.16. The van der Waals surface area contributed by atoms with Crippen molar-refractivity contribution in [2.75, 3.05) is 0 Å². The molecule has 0 radical (unpaired) electrons. The number of hydrogen-bond acceptors (Lipinski definition) is 2. The maximum Gasteiger partial charge on any atom is 0.335 e. The van der Waals surface area contributed by atoms with Gasteiger partial charge in [-0.25, -0.2) is 0 Å². The van der Waals surface area contributed by atoms with Crippen LogP contribution in [0.5, 0.6) is 0 Å². The molecule has 2 heterocycles. The maximum absolute atomic E-state index is 5.21. The quantitative estimate of drug-likeness (QED) is 0.410. The van der Waals surface area contributed by atoms with Crippen molar-refractivity contribution in [2.24, 2.45) is 14.1 Å². The molecular formula is C20H28N2OS+2. The standard InChI is InChI=1S/C8H8NO.C8H8NS.2C2H6/c2*1-9-6-10-8-5-3-2-4-7(8)9;2*1-2/h2*2-6H,1H3;2*1-2H3/q2*+1;;. The molecule has 0 saturated heterocycles. The number of oxazole rings is 1. The number of fused-ring (bicyclic) bond motifs is 2. The van der Waals surface area contributed by atoms with E-state index in [1.165, 1.54) is 10.2 Å². The Morgan fingerprint density at radius 3 is 1.96 bits per heavy atom. The number of thiazole rings is 1. The van der Waals surface area contributed by atoms with Gasteiger partial charge in [0.25, 0.3) is 5.52 Å². The molecule has 0 fully saturated rings. The van der Waals surface area contributed by atoms with Crippen molar-refractivity contribution in [3.8, 4) is 0 Å². The number of aryl methyl sites for hydroxylation is 2. The summed E-state index contributed by atoms with van der Waals surface area (Å²) < 4.78 is 10.7. The molecule has 0 spiro atoms. The van der Waals surface area contributed by atoms with E-state index < -0.39 is 0 Å². The Kier molecular flexibility index (Phi) is 8.72. The van der Waals surface area contributed by atoms with Crippen LogP contribution in [0.3, 0.4) is 0 Å². The van der Waals surface area contributed by atoms with Crippen LogP contribution in [0.2, 0.25) is 0 Å². The molecule has 0 amide bonds. The van der Waals surface area contributed by atoms with E-state index in [-0.39, 0.29) is 0 Å². The molecule has 0 aliphatic carbocycles. The van der Waals surface area contributed by atoms with Crippen molar-refractivity contribution < 1.29 is 13.6 Å². The van der Waals surface area contributed by atoms with E-state index in [1.807, 2.05) is 63.6 Å². The summed E-state index contributed by atoms with van der Waals surface area (Å²) in [5.41, 5.74) is 5.49. The first-order valence-corrected chi connectivity index (χ1v) is 9.27. The van der Waals surface area contributed by atoms with Gasteiger partial charge in [0, 0.05) is 12.1 Å². The number of rotatable bonds is 0. The average Bonchev–Trinajstić information content (AvgIpc) is 3.23. The van der Waals surface area contributed by atoms with Crippen LogP contribution >= 0.6 is 11.3 Å². The summed E-state index contributed by atoms with van der Waals surface area (Å²) in [6.07, 6.45) is 1.70. The van der Waals surface area contributed by atoms with Crippen molar-refractivity contribution in [3.63, 3.8) is 0 Å². The predicted molar refractivity (Wildman–Crippen MR) is 103 cm³/mol. The Morgan fingerprint density at radius 2 is 1.33 bits per heavy atom. The van der Waals surface area contributed by atoms with Gasteiger partial charge in [-0.1, -0.05) is 63.3 Å². The van der Waals surface area contributed by atoms with Crippen molar-refractivity contribution in [1.82, 2.24) is 0 Å². The summed E-state index contributed by atoms with van der Waals surface area (Å²) >= 11 is 1.78. The molecule has 0 aliphatic rings. The second-order valence-corrected chi connectivity index (χ2v) is 5.49. The van der Waals surface area contributed by atoms with Crippen LogP contribution in [0, 0.1) is 0 Å². The van der Waals surface area contributed by atoms with E-state index >= 15 is 0 Å². The molecular weight excluding hydrogens is 316 g/mol. The van der Waals surface area contributed by atoms with Crippen molar-refractivity contribution in [1.29, 1.82) is 0 Å². The van der Waals surface area contributed by atoms with Crippen LogP contribution in [0.25, 0.3) is 21.3 Å². The zero-order chi connectivity index (χ0) is 17.9. The molecule has 128 valence electrons. The normalized spacial score (nSPS) is 9.25. The van der Waals surface area contributed by atoms with Gasteiger partial charge in [-0.05, 0) is 12.1 Å². The fraction of sp³-hybridized carbons (Fsp3) is 0.300. The summed E-state index contributed by atoms with van der Waals surface area (Å²) in [5.74, 6) is 0. The van der Waals surface area contributed by atoms with Gasteiger partial charge in [0.05, 0.1) is 0 Å². The predicted octanol–water partition coefficient (Wildman–Crippen LogP) is 5.04. The van der Waals surface area contributed by atoms with E-state index in [0.29, 0.717) is 0 Å². The van der Waals surface area contributed by atoms with Crippen molar-refractivity contribution in [2.45, 2.75) is 27.7 Å². The van der Waals surface area contributed by atoms with Crippen LogP contribution < -0.4 is 9.13 Å². The Morgan fingerprint density at radius 1 is 0.750 bits per heavy atom. The third-order valence-electron chi connectivity index (χ3n) is 3.17. The molecule has 4 rings (SSSR count). The van der Waals surface area contributed by atoms with E-state index in [9.17, 15) is 0 Å². The van der Waals surface area contributed by atoms with Gasteiger partial charge in [0.2, 0.25) is 16.6 Å². The molecule has 2 aromatic carbocycles. The van der Waals surface area contributed by atoms with Gasteiger partial charge in [-0.15, -0.1) is 0 Å². The van der Waals surface area contributed by atoms with E-state index in [0.717, 1.165) is 11.1 Å². The van der Waals surface area contributed by atoms with E-state index in [4.69, 9.17) is 4.42 Å². The van der Waals surface area contributed by atoms with Gasteiger partial charge in [-0.2, -0.15) is 9.13 Å². The monoisotopic (exact) mass is 344 g/mol. The SMILES string of the molecule is CC.CC.C[n+]1coc2ccccc21.C[n+]1csc2ccccc21. The lowest BCUT2D eigenvalue weighted by Crippen LogP contribution is -2.24. The van der Waals surface area contributed by atoms with Gasteiger partial charge in [0.15, 0.2) is 0 Å². The molecule has 2 aromatic heterocycles. The van der Waals surface area contributed by atoms with E-state index in [1.54, 1.807) is 17.7 Å². The number of para-hydroxylation sites is 3. The second kappa shape index (κ2) is 10.6.